The normalized spacial score (nSPS) is 12.3. The molecule has 0 aliphatic heterocycles. The first-order valence-electron chi connectivity index (χ1n) is 40.0. The second-order valence-electron chi connectivity index (χ2n) is 36.3. The summed E-state index contributed by atoms with van der Waals surface area (Å²) < 4.78 is 30.1. The largest absolute Gasteiger partial charge is 0.456 e. The zero-order valence-electron chi connectivity index (χ0n) is 69.3. The number of hydrogen-bond donors (Lipinski definition) is 0. The van der Waals surface area contributed by atoms with Crippen LogP contribution in [0.1, 0.15) is 158 Å². The predicted molar refractivity (Wildman–Crippen MR) is 497 cm³/mol. The highest BCUT2D eigenvalue weighted by molar-refractivity contribution is 7.26. The third-order valence-electron chi connectivity index (χ3n) is 21.7. The molecular formula is C108H104O4S2. The number of hydrogen-bond acceptors (Lipinski definition) is 6. The molecule has 0 N–H and O–H groups in total. The van der Waals surface area contributed by atoms with Gasteiger partial charge in [0.2, 0.25) is 0 Å². The van der Waals surface area contributed by atoms with Gasteiger partial charge in [0.1, 0.15) is 44.7 Å². The molecular weight excluding hydrogens is 1430 g/mol. The molecule has 0 aliphatic carbocycles. The minimum absolute atomic E-state index is 0.0558. The van der Waals surface area contributed by atoms with Gasteiger partial charge in [-0.15, -0.1) is 22.7 Å². The predicted octanol–water partition coefficient (Wildman–Crippen LogP) is 33.6. The van der Waals surface area contributed by atoms with E-state index in [2.05, 4.69) is 392 Å². The van der Waals surface area contributed by atoms with Crippen LogP contribution in [-0.4, -0.2) is 0 Å². The van der Waals surface area contributed by atoms with E-state index < -0.39 is 0 Å². The Balaban J connectivity index is 0.000000108. The highest BCUT2D eigenvalue weighted by Crippen LogP contribution is 2.46. The number of benzene rings is 14. The molecule has 114 heavy (non-hydrogen) atoms. The van der Waals surface area contributed by atoms with Crippen molar-refractivity contribution in [2.75, 3.05) is 0 Å². The quantitative estimate of drug-likeness (QED) is 0.173. The number of thiophene rings is 2. The molecule has 0 aliphatic rings. The van der Waals surface area contributed by atoms with Crippen LogP contribution in [-0.2, 0) is 32.5 Å². The molecule has 6 heteroatoms. The van der Waals surface area contributed by atoms with Crippen LogP contribution in [0.3, 0.4) is 0 Å². The third-order valence-corrected chi connectivity index (χ3v) is 24.0. The summed E-state index contributed by atoms with van der Waals surface area (Å²) in [5.74, 6) is 0. The molecule has 6 heterocycles. The summed E-state index contributed by atoms with van der Waals surface area (Å²) in [6.45, 7) is 40.5. The van der Waals surface area contributed by atoms with Crippen molar-refractivity contribution < 1.29 is 17.7 Å². The molecule has 14 aromatic carbocycles. The molecule has 6 aromatic heterocycles. The first-order valence-corrected chi connectivity index (χ1v) is 41.7. The lowest BCUT2D eigenvalue weighted by molar-refractivity contribution is 0.572. The van der Waals surface area contributed by atoms with Gasteiger partial charge in [-0.25, -0.2) is 0 Å². The van der Waals surface area contributed by atoms with Crippen molar-refractivity contribution in [1.29, 1.82) is 0 Å². The average Bonchev–Trinajstić information content (AvgIpc) is 1.60. The van der Waals surface area contributed by atoms with Crippen molar-refractivity contribution in [3.8, 4) is 22.3 Å². The SMILES string of the molecule is CC(C)(C)c1cccc2c1oc1c(-c3ccccc3)cccc12.CC(C)(C)c1cccc2c1oc1ccccc12.CC(C)(C)c1cccc2c1sc1ccccc12.CC(C)(C)c1cccc2oc3cccc(-c4ccccc4)c3c12.CC(C)(C)c1cccc2oc3ccccc3c12.CC(C)(C)c1cccc2sc3ccccc3c12. The molecule has 0 radical (unpaired) electrons. The molecule has 0 atom stereocenters. The van der Waals surface area contributed by atoms with Crippen molar-refractivity contribution in [3.05, 3.63) is 337 Å². The Kier molecular flexibility index (Phi) is 21.2. The van der Waals surface area contributed by atoms with E-state index in [1.807, 2.05) is 59.1 Å². The lowest BCUT2D eigenvalue weighted by Crippen LogP contribution is -2.11. The van der Waals surface area contributed by atoms with Crippen molar-refractivity contribution >= 4 is 151 Å². The van der Waals surface area contributed by atoms with Crippen LogP contribution >= 0.6 is 22.7 Å². The van der Waals surface area contributed by atoms with E-state index in [1.165, 1.54) is 134 Å². The highest BCUT2D eigenvalue weighted by atomic mass is 32.1. The van der Waals surface area contributed by atoms with Gasteiger partial charge >= 0.3 is 0 Å². The van der Waals surface area contributed by atoms with Crippen molar-refractivity contribution in [2.24, 2.45) is 0 Å². The van der Waals surface area contributed by atoms with Gasteiger partial charge in [0, 0.05) is 100 Å². The van der Waals surface area contributed by atoms with Crippen molar-refractivity contribution in [3.63, 3.8) is 0 Å². The average molecular weight is 1530 g/mol. The Labute approximate surface area is 679 Å². The van der Waals surface area contributed by atoms with Crippen LogP contribution in [0.15, 0.2) is 321 Å². The van der Waals surface area contributed by atoms with Gasteiger partial charge in [0.15, 0.2) is 0 Å². The Morgan fingerprint density at radius 3 is 1.09 bits per heavy atom. The van der Waals surface area contributed by atoms with Crippen LogP contribution in [0.4, 0.5) is 0 Å². The van der Waals surface area contributed by atoms with Crippen molar-refractivity contribution in [1.82, 2.24) is 0 Å². The molecule has 20 aromatic rings. The summed E-state index contributed by atoms with van der Waals surface area (Å²) in [5, 5.41) is 15.4. The van der Waals surface area contributed by atoms with Gasteiger partial charge in [0.25, 0.3) is 0 Å². The molecule has 0 spiro atoms. The summed E-state index contributed by atoms with van der Waals surface area (Å²) in [5.41, 5.74) is 21.5. The van der Waals surface area contributed by atoms with E-state index in [1.54, 1.807) is 0 Å². The van der Waals surface area contributed by atoms with Gasteiger partial charge in [-0.1, -0.05) is 379 Å². The number of fused-ring (bicyclic) bond motifs is 18. The summed E-state index contributed by atoms with van der Waals surface area (Å²) in [6.07, 6.45) is 0. The Bertz CT molecular complexity index is 6580. The highest BCUT2D eigenvalue weighted by Gasteiger charge is 2.27. The topological polar surface area (TPSA) is 52.6 Å². The van der Waals surface area contributed by atoms with Gasteiger partial charge in [-0.3, -0.25) is 0 Å². The lowest BCUT2D eigenvalue weighted by Gasteiger charge is -2.20. The number of rotatable bonds is 2. The molecule has 0 unspecified atom stereocenters. The summed E-state index contributed by atoms with van der Waals surface area (Å²) in [7, 11) is 0. The standard InChI is InChI=1S/2C22H20O.2C16H16O.2C16H16S/c1-22(2,3)17-12-8-14-19-21(17)20-16(11-7-13-18(20)23-19)15-9-5-4-6-10-15;1-22(2,3)19-14-8-13-18-17-12-7-11-16(20(17)23-21(18)19)15-9-5-4-6-10-15;1-16(2,3)13-9-6-8-12-11-7-4-5-10-14(11)17-15(12)13;1-16(2,3)12-8-6-10-14-15(12)11-7-4-5-9-13(11)17-14;1-16(2,3)13-9-6-8-12-11-7-4-5-10-14(11)17-15(12)13;1-16(2,3)12-8-6-10-14-15(12)11-7-4-5-9-13(11)17-14/h2*4-14H,1-3H3;4*4-10H,1-3H3. The van der Waals surface area contributed by atoms with E-state index in [9.17, 15) is 0 Å². The maximum atomic E-state index is 6.40. The van der Waals surface area contributed by atoms with Crippen LogP contribution < -0.4 is 0 Å². The maximum absolute atomic E-state index is 6.40. The van der Waals surface area contributed by atoms with Gasteiger partial charge in [0.05, 0.1) is 0 Å². The number of furan rings is 4. The van der Waals surface area contributed by atoms with E-state index in [4.69, 9.17) is 17.7 Å². The van der Waals surface area contributed by atoms with E-state index in [0.29, 0.717) is 0 Å². The fourth-order valence-corrected chi connectivity index (χ4v) is 18.6. The molecule has 20 rings (SSSR count). The fourth-order valence-electron chi connectivity index (χ4n) is 16.1. The Morgan fingerprint density at radius 2 is 0.518 bits per heavy atom. The molecule has 0 saturated heterocycles. The maximum Gasteiger partial charge on any atom is 0.143 e. The van der Waals surface area contributed by atoms with Gasteiger partial charge in [-0.05, 0) is 120 Å². The van der Waals surface area contributed by atoms with Gasteiger partial charge < -0.3 is 17.7 Å². The van der Waals surface area contributed by atoms with Crippen LogP contribution in [0.2, 0.25) is 0 Å². The minimum Gasteiger partial charge on any atom is -0.456 e. The second-order valence-corrected chi connectivity index (χ2v) is 38.4. The zero-order chi connectivity index (χ0) is 80.2. The lowest BCUT2D eigenvalue weighted by atomic mass is 9.83. The third kappa shape index (κ3) is 15.7. The molecule has 4 nitrogen and oxygen atoms in total. The number of para-hydroxylation sites is 5. The Hall–Kier alpha value is -11.3. The van der Waals surface area contributed by atoms with Crippen LogP contribution in [0.5, 0.6) is 0 Å². The Morgan fingerprint density at radius 1 is 0.184 bits per heavy atom. The molecule has 0 fully saturated rings. The zero-order valence-corrected chi connectivity index (χ0v) is 70.9. The van der Waals surface area contributed by atoms with E-state index in [-0.39, 0.29) is 32.5 Å². The van der Waals surface area contributed by atoms with Gasteiger partial charge in [-0.2, -0.15) is 0 Å². The molecule has 0 bridgehead atoms. The summed E-state index contributed by atoms with van der Waals surface area (Å²) >= 11 is 3.81. The van der Waals surface area contributed by atoms with E-state index >= 15 is 0 Å². The second kappa shape index (κ2) is 30.9. The van der Waals surface area contributed by atoms with E-state index in [0.717, 1.165) is 50.2 Å². The van der Waals surface area contributed by atoms with Crippen molar-refractivity contribution in [2.45, 2.75) is 157 Å². The first-order chi connectivity index (χ1) is 54.4. The molecule has 572 valence electrons. The minimum atomic E-state index is 0.0558. The molecule has 0 saturated carbocycles. The first kappa shape index (κ1) is 78.0. The monoisotopic (exact) mass is 1530 g/mol. The molecule has 0 amide bonds. The summed E-state index contributed by atoms with van der Waals surface area (Å²) in [6, 6.07) is 106. The smallest absolute Gasteiger partial charge is 0.143 e. The van der Waals surface area contributed by atoms with Crippen LogP contribution in [0.25, 0.3) is 150 Å². The summed E-state index contributed by atoms with van der Waals surface area (Å²) in [4.78, 5) is 0. The fraction of sp³-hybridized carbons (Fsp3) is 0.222. The van der Waals surface area contributed by atoms with Crippen LogP contribution in [0, 0.1) is 0 Å².